The number of pyridine rings is 1. The monoisotopic (exact) mass is 256 g/mol. The Labute approximate surface area is 112 Å². The van der Waals surface area contributed by atoms with Gasteiger partial charge < -0.3 is 5.32 Å². The van der Waals surface area contributed by atoms with E-state index in [-0.39, 0.29) is 11.8 Å². The predicted molar refractivity (Wildman–Crippen MR) is 73.0 cm³/mol. The summed E-state index contributed by atoms with van der Waals surface area (Å²) in [5, 5.41) is 2.82. The third kappa shape index (κ3) is 3.13. The summed E-state index contributed by atoms with van der Waals surface area (Å²) in [6.45, 7) is 5.87. The van der Waals surface area contributed by atoms with Crippen molar-refractivity contribution in [3.8, 4) is 0 Å². The lowest BCUT2D eigenvalue weighted by molar-refractivity contribution is 0.102. The lowest BCUT2D eigenvalue weighted by Gasteiger charge is -2.08. The predicted octanol–water partition coefficient (Wildman–Crippen LogP) is 2.56. The molecule has 0 bridgehead atoms. The summed E-state index contributed by atoms with van der Waals surface area (Å²) in [7, 11) is 0. The lowest BCUT2D eigenvalue weighted by Crippen LogP contribution is -2.16. The van der Waals surface area contributed by atoms with Crippen molar-refractivity contribution < 1.29 is 4.79 Å². The fourth-order valence-electron chi connectivity index (χ4n) is 1.58. The molecule has 0 radical (unpaired) electrons. The Morgan fingerprint density at radius 3 is 2.74 bits per heavy atom. The molecule has 1 amide bonds. The molecule has 5 heteroatoms. The van der Waals surface area contributed by atoms with Gasteiger partial charge in [0.1, 0.15) is 11.5 Å². The Morgan fingerprint density at radius 2 is 2.05 bits per heavy atom. The highest BCUT2D eigenvalue weighted by Gasteiger charge is 2.11. The van der Waals surface area contributed by atoms with Crippen molar-refractivity contribution in [3.05, 3.63) is 47.8 Å². The zero-order valence-corrected chi connectivity index (χ0v) is 11.2. The third-order valence-corrected chi connectivity index (χ3v) is 2.69. The van der Waals surface area contributed by atoms with Crippen LogP contribution in [0.2, 0.25) is 0 Å². The lowest BCUT2D eigenvalue weighted by atomic mass is 10.2. The summed E-state index contributed by atoms with van der Waals surface area (Å²) in [5.74, 6) is 0.619. The van der Waals surface area contributed by atoms with Gasteiger partial charge in [-0.05, 0) is 24.6 Å². The molecule has 19 heavy (non-hydrogen) atoms. The molecule has 98 valence electrons. The fraction of sp³-hybridized carbons (Fsp3) is 0.286. The number of hydrogen-bond donors (Lipinski definition) is 1. The minimum atomic E-state index is -0.237. The average Bonchev–Trinajstić information content (AvgIpc) is 2.41. The third-order valence-electron chi connectivity index (χ3n) is 2.69. The molecule has 1 N–H and O–H groups in total. The second kappa shape index (κ2) is 5.56. The first-order valence-electron chi connectivity index (χ1n) is 6.13. The molecule has 2 aromatic heterocycles. The summed E-state index contributed by atoms with van der Waals surface area (Å²) >= 11 is 0. The zero-order chi connectivity index (χ0) is 13.8. The van der Waals surface area contributed by atoms with E-state index in [4.69, 9.17) is 0 Å². The second-order valence-corrected chi connectivity index (χ2v) is 4.60. The first-order valence-corrected chi connectivity index (χ1v) is 6.13. The molecule has 2 rings (SSSR count). The quantitative estimate of drug-likeness (QED) is 0.916. The maximum Gasteiger partial charge on any atom is 0.274 e. The van der Waals surface area contributed by atoms with Crippen LogP contribution >= 0.6 is 0 Å². The van der Waals surface area contributed by atoms with Gasteiger partial charge >= 0.3 is 0 Å². The van der Waals surface area contributed by atoms with Gasteiger partial charge in [0.25, 0.3) is 5.91 Å². The Hall–Kier alpha value is -2.30. The Balaban J connectivity index is 2.21. The number of aryl methyl sites for hydroxylation is 1. The standard InChI is InChI=1S/C14H16N4O/c1-9(2)13-16-7-5-12(17-13)14(19)18-11-4-6-15-8-10(11)3/h4-9H,1-3H3,(H,15,18,19). The number of nitrogens with zero attached hydrogens (tertiary/aromatic N) is 3. The van der Waals surface area contributed by atoms with Gasteiger partial charge in [0, 0.05) is 30.2 Å². The molecular formula is C14H16N4O. The average molecular weight is 256 g/mol. The van der Waals surface area contributed by atoms with Crippen molar-refractivity contribution >= 4 is 11.6 Å². The minimum absolute atomic E-state index is 0.190. The van der Waals surface area contributed by atoms with E-state index in [0.717, 1.165) is 11.3 Å². The molecule has 0 aliphatic rings. The van der Waals surface area contributed by atoms with Gasteiger partial charge in [0.05, 0.1) is 0 Å². The van der Waals surface area contributed by atoms with E-state index < -0.39 is 0 Å². The molecule has 0 saturated heterocycles. The van der Waals surface area contributed by atoms with Crippen LogP contribution in [0.15, 0.2) is 30.7 Å². The number of carbonyl (C=O) groups is 1. The largest absolute Gasteiger partial charge is 0.320 e. The Kier molecular flexibility index (Phi) is 3.85. The molecule has 0 atom stereocenters. The molecule has 0 aromatic carbocycles. The molecule has 5 nitrogen and oxygen atoms in total. The van der Waals surface area contributed by atoms with Gasteiger partial charge in [-0.2, -0.15) is 0 Å². The highest BCUT2D eigenvalue weighted by Crippen LogP contribution is 2.13. The van der Waals surface area contributed by atoms with Crippen molar-refractivity contribution in [2.45, 2.75) is 26.7 Å². The molecule has 0 saturated carbocycles. The first kappa shape index (κ1) is 13.1. The van der Waals surface area contributed by atoms with Crippen LogP contribution in [-0.2, 0) is 0 Å². The number of rotatable bonds is 3. The smallest absolute Gasteiger partial charge is 0.274 e. The summed E-state index contributed by atoms with van der Waals surface area (Å²) < 4.78 is 0. The van der Waals surface area contributed by atoms with Crippen LogP contribution in [-0.4, -0.2) is 20.9 Å². The van der Waals surface area contributed by atoms with Gasteiger partial charge in [-0.15, -0.1) is 0 Å². The number of anilines is 1. The molecule has 0 unspecified atom stereocenters. The van der Waals surface area contributed by atoms with Crippen LogP contribution in [0, 0.1) is 6.92 Å². The maximum atomic E-state index is 12.1. The molecule has 0 aliphatic carbocycles. The summed E-state index contributed by atoms with van der Waals surface area (Å²) in [6, 6.07) is 3.37. The van der Waals surface area contributed by atoms with Crippen molar-refractivity contribution in [2.24, 2.45) is 0 Å². The number of amides is 1. The fourth-order valence-corrected chi connectivity index (χ4v) is 1.58. The van der Waals surface area contributed by atoms with Gasteiger partial charge in [0.2, 0.25) is 0 Å². The number of aromatic nitrogens is 3. The van der Waals surface area contributed by atoms with Crippen LogP contribution in [0.25, 0.3) is 0 Å². The Morgan fingerprint density at radius 1 is 1.26 bits per heavy atom. The SMILES string of the molecule is Cc1cnccc1NC(=O)c1ccnc(C(C)C)n1. The number of carbonyl (C=O) groups excluding carboxylic acids is 1. The van der Waals surface area contributed by atoms with E-state index in [1.807, 2.05) is 20.8 Å². The zero-order valence-electron chi connectivity index (χ0n) is 11.2. The summed E-state index contributed by atoms with van der Waals surface area (Å²) in [4.78, 5) is 24.5. The molecule has 2 heterocycles. The normalized spacial score (nSPS) is 10.5. The molecular weight excluding hydrogens is 240 g/mol. The van der Waals surface area contributed by atoms with E-state index in [0.29, 0.717) is 11.5 Å². The van der Waals surface area contributed by atoms with E-state index in [1.54, 1.807) is 30.7 Å². The second-order valence-electron chi connectivity index (χ2n) is 4.60. The van der Waals surface area contributed by atoms with Crippen LogP contribution in [0.3, 0.4) is 0 Å². The topological polar surface area (TPSA) is 67.8 Å². The Bertz CT molecular complexity index is 596. The highest BCUT2D eigenvalue weighted by atomic mass is 16.1. The van der Waals surface area contributed by atoms with Crippen LogP contribution in [0.5, 0.6) is 0 Å². The summed E-state index contributed by atoms with van der Waals surface area (Å²) in [6.07, 6.45) is 4.95. The van der Waals surface area contributed by atoms with Crippen molar-refractivity contribution in [1.29, 1.82) is 0 Å². The van der Waals surface area contributed by atoms with Gasteiger partial charge in [-0.3, -0.25) is 9.78 Å². The van der Waals surface area contributed by atoms with Gasteiger partial charge in [-0.25, -0.2) is 9.97 Å². The minimum Gasteiger partial charge on any atom is -0.320 e. The van der Waals surface area contributed by atoms with Crippen molar-refractivity contribution in [2.75, 3.05) is 5.32 Å². The van der Waals surface area contributed by atoms with Gasteiger partial charge in [-0.1, -0.05) is 13.8 Å². The van der Waals surface area contributed by atoms with E-state index in [2.05, 4.69) is 20.3 Å². The van der Waals surface area contributed by atoms with E-state index in [9.17, 15) is 4.79 Å². The van der Waals surface area contributed by atoms with E-state index >= 15 is 0 Å². The molecule has 0 fully saturated rings. The molecule has 0 spiro atoms. The maximum absolute atomic E-state index is 12.1. The van der Waals surface area contributed by atoms with Crippen molar-refractivity contribution in [1.82, 2.24) is 15.0 Å². The van der Waals surface area contributed by atoms with E-state index in [1.165, 1.54) is 0 Å². The number of hydrogen-bond acceptors (Lipinski definition) is 4. The van der Waals surface area contributed by atoms with Gasteiger partial charge in [0.15, 0.2) is 0 Å². The van der Waals surface area contributed by atoms with Crippen LogP contribution in [0.4, 0.5) is 5.69 Å². The number of nitrogens with one attached hydrogen (secondary N) is 1. The summed E-state index contributed by atoms with van der Waals surface area (Å²) in [5.41, 5.74) is 2.02. The van der Waals surface area contributed by atoms with Crippen LogP contribution in [0.1, 0.15) is 41.6 Å². The molecule has 2 aromatic rings. The first-order chi connectivity index (χ1) is 9.08. The van der Waals surface area contributed by atoms with Crippen LogP contribution < -0.4 is 5.32 Å². The van der Waals surface area contributed by atoms with Crippen molar-refractivity contribution in [3.63, 3.8) is 0 Å². The highest BCUT2D eigenvalue weighted by molar-refractivity contribution is 6.03. The molecule has 0 aliphatic heterocycles.